The van der Waals surface area contributed by atoms with E-state index in [1.165, 1.54) is 6.07 Å². The molecule has 0 unspecified atom stereocenters. The van der Waals surface area contributed by atoms with Crippen LogP contribution < -0.4 is 5.32 Å². The predicted octanol–water partition coefficient (Wildman–Crippen LogP) is 2.81. The van der Waals surface area contributed by atoms with Crippen LogP contribution in [0.3, 0.4) is 0 Å². The Morgan fingerprint density at radius 1 is 1.30 bits per heavy atom. The molecular formula is C15H21NO4. The second kappa shape index (κ2) is 5.81. The lowest BCUT2D eigenvalue weighted by Gasteiger charge is -2.24. The first kappa shape index (κ1) is 14.8. The van der Waals surface area contributed by atoms with Crippen molar-refractivity contribution < 1.29 is 19.4 Å². The van der Waals surface area contributed by atoms with Crippen LogP contribution in [0.2, 0.25) is 0 Å². The Morgan fingerprint density at radius 2 is 1.95 bits per heavy atom. The van der Waals surface area contributed by atoms with Gasteiger partial charge in [-0.2, -0.15) is 0 Å². The van der Waals surface area contributed by atoms with E-state index in [1.54, 1.807) is 12.1 Å². The highest BCUT2D eigenvalue weighted by Gasteiger charge is 2.23. The topological polar surface area (TPSA) is 67.8 Å². The number of carbonyl (C=O) groups is 1. The highest BCUT2D eigenvalue weighted by molar-refractivity contribution is 5.95. The summed E-state index contributed by atoms with van der Waals surface area (Å²) in [6.45, 7) is 6.74. The Balaban J connectivity index is 2.18. The van der Waals surface area contributed by atoms with Gasteiger partial charge in [0.2, 0.25) is 5.91 Å². The molecule has 1 heterocycles. The highest BCUT2D eigenvalue weighted by atomic mass is 16.7. The number of amides is 1. The van der Waals surface area contributed by atoms with E-state index < -0.39 is 11.7 Å². The number of aromatic hydroxyl groups is 1. The molecule has 0 radical (unpaired) electrons. The molecule has 1 aromatic rings. The number of hydrogen-bond donors (Lipinski definition) is 2. The first-order valence-electron chi connectivity index (χ1n) is 6.75. The second-order valence-corrected chi connectivity index (χ2v) is 5.91. The van der Waals surface area contributed by atoms with Crippen molar-refractivity contribution in [3.05, 3.63) is 23.8 Å². The molecule has 0 atom stereocenters. The largest absolute Gasteiger partial charge is 0.506 e. The van der Waals surface area contributed by atoms with Crippen LogP contribution in [0, 0.1) is 5.41 Å². The molecular weight excluding hydrogens is 258 g/mol. The summed E-state index contributed by atoms with van der Waals surface area (Å²) < 4.78 is 11.0. The van der Waals surface area contributed by atoms with Gasteiger partial charge in [0, 0.05) is 11.0 Å². The predicted molar refractivity (Wildman–Crippen MR) is 75.5 cm³/mol. The van der Waals surface area contributed by atoms with Gasteiger partial charge in [0.1, 0.15) is 5.75 Å². The molecule has 20 heavy (non-hydrogen) atoms. The number of phenols is 1. The van der Waals surface area contributed by atoms with E-state index in [2.05, 4.69) is 5.32 Å². The van der Waals surface area contributed by atoms with Gasteiger partial charge in [0.05, 0.1) is 18.9 Å². The summed E-state index contributed by atoms with van der Waals surface area (Å²) in [5.74, 6) is -0.127. The molecule has 0 spiro atoms. The molecule has 2 N–H and O–H groups in total. The maximum Gasteiger partial charge on any atom is 0.229 e. The lowest BCUT2D eigenvalue weighted by Crippen LogP contribution is -2.27. The first-order valence-corrected chi connectivity index (χ1v) is 6.75. The van der Waals surface area contributed by atoms with Crippen molar-refractivity contribution in [1.82, 2.24) is 0 Å². The van der Waals surface area contributed by atoms with Crippen molar-refractivity contribution in [2.75, 3.05) is 18.5 Å². The van der Waals surface area contributed by atoms with Crippen molar-refractivity contribution in [3.8, 4) is 5.75 Å². The molecule has 5 heteroatoms. The zero-order chi connectivity index (χ0) is 14.8. The Bertz CT molecular complexity index is 487. The molecule has 0 aliphatic carbocycles. The molecule has 110 valence electrons. The van der Waals surface area contributed by atoms with Crippen molar-refractivity contribution >= 4 is 11.6 Å². The number of carbonyl (C=O) groups excluding carboxylic acids is 1. The molecule has 1 aliphatic rings. The molecule has 2 rings (SSSR count). The summed E-state index contributed by atoms with van der Waals surface area (Å²) in [6, 6.07) is 4.96. The Hall–Kier alpha value is -1.59. The van der Waals surface area contributed by atoms with Crippen LogP contribution >= 0.6 is 0 Å². The normalized spacial score (nSPS) is 16.9. The van der Waals surface area contributed by atoms with E-state index in [1.807, 2.05) is 20.8 Å². The zero-order valence-corrected chi connectivity index (χ0v) is 12.1. The summed E-state index contributed by atoms with van der Waals surface area (Å²) >= 11 is 0. The average Bonchev–Trinajstić information content (AvgIpc) is 2.41. The Morgan fingerprint density at radius 3 is 2.55 bits per heavy atom. The van der Waals surface area contributed by atoms with Crippen LogP contribution in [0.5, 0.6) is 5.75 Å². The van der Waals surface area contributed by atoms with Crippen LogP contribution in [-0.4, -0.2) is 24.2 Å². The summed E-state index contributed by atoms with van der Waals surface area (Å²) in [4.78, 5) is 12.0. The zero-order valence-electron chi connectivity index (χ0n) is 12.1. The van der Waals surface area contributed by atoms with Gasteiger partial charge in [-0.1, -0.05) is 26.8 Å². The number of ether oxygens (including phenoxy) is 2. The maximum absolute atomic E-state index is 12.0. The maximum atomic E-state index is 12.0. The summed E-state index contributed by atoms with van der Waals surface area (Å²) in [5, 5.41) is 12.6. The fourth-order valence-corrected chi connectivity index (χ4v) is 1.79. The highest BCUT2D eigenvalue weighted by Crippen LogP contribution is 2.31. The van der Waals surface area contributed by atoms with E-state index in [4.69, 9.17) is 9.47 Å². The minimum Gasteiger partial charge on any atom is -0.506 e. The van der Waals surface area contributed by atoms with Crippen LogP contribution in [0.15, 0.2) is 18.2 Å². The standard InChI is InChI=1S/C15H21NO4/c1-15(2,3)14(18)16-11-9-10(5-6-12(11)17)13-19-7-4-8-20-13/h5-6,9,13,17H,4,7-8H2,1-3H3,(H,16,18). The average molecular weight is 279 g/mol. The molecule has 0 aromatic heterocycles. The van der Waals surface area contributed by atoms with Gasteiger partial charge in [-0.25, -0.2) is 0 Å². The molecule has 1 amide bonds. The minimum absolute atomic E-state index is 0.0298. The van der Waals surface area contributed by atoms with E-state index in [0.29, 0.717) is 18.9 Å². The van der Waals surface area contributed by atoms with Gasteiger partial charge in [0.25, 0.3) is 0 Å². The van der Waals surface area contributed by atoms with Crippen LogP contribution in [-0.2, 0) is 14.3 Å². The summed E-state index contributed by atoms with van der Waals surface area (Å²) in [7, 11) is 0. The van der Waals surface area contributed by atoms with Gasteiger partial charge in [-0.3, -0.25) is 4.79 Å². The lowest BCUT2D eigenvalue weighted by atomic mass is 9.95. The van der Waals surface area contributed by atoms with Crippen molar-refractivity contribution in [2.24, 2.45) is 5.41 Å². The van der Waals surface area contributed by atoms with Gasteiger partial charge >= 0.3 is 0 Å². The summed E-state index contributed by atoms with van der Waals surface area (Å²) in [6.07, 6.45) is 0.442. The Kier molecular flexibility index (Phi) is 4.30. The van der Waals surface area contributed by atoms with Crippen LogP contribution in [0.4, 0.5) is 5.69 Å². The third-order valence-corrected chi connectivity index (χ3v) is 3.05. The molecule has 1 fully saturated rings. The third-order valence-electron chi connectivity index (χ3n) is 3.05. The van der Waals surface area contributed by atoms with E-state index >= 15 is 0 Å². The van der Waals surface area contributed by atoms with Crippen molar-refractivity contribution in [2.45, 2.75) is 33.5 Å². The lowest BCUT2D eigenvalue weighted by molar-refractivity contribution is -0.183. The molecule has 0 saturated carbocycles. The molecule has 0 bridgehead atoms. The molecule has 1 saturated heterocycles. The first-order chi connectivity index (χ1) is 9.38. The number of nitrogens with one attached hydrogen (secondary N) is 1. The second-order valence-electron chi connectivity index (χ2n) is 5.91. The van der Waals surface area contributed by atoms with E-state index in [0.717, 1.165) is 12.0 Å². The van der Waals surface area contributed by atoms with E-state index in [-0.39, 0.29) is 11.7 Å². The van der Waals surface area contributed by atoms with Crippen molar-refractivity contribution in [3.63, 3.8) is 0 Å². The Labute approximate surface area is 118 Å². The van der Waals surface area contributed by atoms with Gasteiger partial charge in [0.15, 0.2) is 6.29 Å². The number of phenolic OH excluding ortho intramolecular Hbond substituents is 1. The van der Waals surface area contributed by atoms with Crippen LogP contribution in [0.1, 0.15) is 39.0 Å². The van der Waals surface area contributed by atoms with E-state index in [9.17, 15) is 9.90 Å². The molecule has 1 aliphatic heterocycles. The SMILES string of the molecule is CC(C)(C)C(=O)Nc1cc(C2OCCCO2)ccc1O. The van der Waals surface area contributed by atoms with Gasteiger partial charge in [-0.15, -0.1) is 0 Å². The fourth-order valence-electron chi connectivity index (χ4n) is 1.79. The smallest absolute Gasteiger partial charge is 0.229 e. The summed E-state index contributed by atoms with van der Waals surface area (Å²) in [5.41, 5.74) is 0.632. The number of benzene rings is 1. The third kappa shape index (κ3) is 3.49. The molecule has 1 aromatic carbocycles. The number of rotatable bonds is 2. The van der Waals surface area contributed by atoms with Crippen molar-refractivity contribution in [1.29, 1.82) is 0 Å². The quantitative estimate of drug-likeness (QED) is 0.817. The monoisotopic (exact) mass is 279 g/mol. The van der Waals surface area contributed by atoms with Gasteiger partial charge in [-0.05, 0) is 18.6 Å². The fraction of sp³-hybridized carbons (Fsp3) is 0.533. The molecule has 5 nitrogen and oxygen atoms in total. The number of anilines is 1. The minimum atomic E-state index is -0.527. The number of hydrogen-bond acceptors (Lipinski definition) is 4. The van der Waals surface area contributed by atoms with Crippen LogP contribution in [0.25, 0.3) is 0 Å². The van der Waals surface area contributed by atoms with Gasteiger partial charge < -0.3 is 19.9 Å².